The third-order valence-electron chi connectivity index (χ3n) is 4.70. The highest BCUT2D eigenvalue weighted by molar-refractivity contribution is 7.10. The summed E-state index contributed by atoms with van der Waals surface area (Å²) >= 11 is 1.52. The summed E-state index contributed by atoms with van der Waals surface area (Å²) in [7, 11) is 0. The lowest BCUT2D eigenvalue weighted by Gasteiger charge is -2.22. The zero-order chi connectivity index (χ0) is 20.1. The first-order valence-corrected chi connectivity index (χ1v) is 10.0. The van der Waals surface area contributed by atoms with Gasteiger partial charge < -0.3 is 19.9 Å². The van der Waals surface area contributed by atoms with Crippen molar-refractivity contribution in [3.05, 3.63) is 51.9 Å². The van der Waals surface area contributed by atoms with Gasteiger partial charge in [0.05, 0.1) is 18.2 Å². The second kappa shape index (κ2) is 9.03. The van der Waals surface area contributed by atoms with Crippen LogP contribution in [0, 0.1) is 5.92 Å². The molecule has 0 aliphatic carbocycles. The van der Waals surface area contributed by atoms with Crippen LogP contribution >= 0.6 is 11.3 Å². The van der Waals surface area contributed by atoms with Crippen molar-refractivity contribution in [3.63, 3.8) is 0 Å². The number of rotatable bonds is 8. The monoisotopic (exact) mass is 401 g/mol. The lowest BCUT2D eigenvalue weighted by atomic mass is 10.00. The first-order valence-electron chi connectivity index (χ1n) is 9.16. The van der Waals surface area contributed by atoms with E-state index in [0.717, 1.165) is 11.3 Å². The summed E-state index contributed by atoms with van der Waals surface area (Å²) in [4.78, 5) is 25.4. The molecule has 0 bridgehead atoms. The number of nitrogens with one attached hydrogen (secondary N) is 1. The van der Waals surface area contributed by atoms with Gasteiger partial charge in [-0.1, -0.05) is 26.3 Å². The van der Waals surface area contributed by atoms with E-state index in [-0.39, 0.29) is 42.6 Å². The number of amides is 1. The van der Waals surface area contributed by atoms with Crippen LogP contribution in [0.4, 0.5) is 0 Å². The van der Waals surface area contributed by atoms with E-state index in [1.807, 2.05) is 31.4 Å². The Bertz CT molecular complexity index is 875. The van der Waals surface area contributed by atoms with Gasteiger partial charge in [0.15, 0.2) is 12.4 Å². The van der Waals surface area contributed by atoms with Gasteiger partial charge in [-0.05, 0) is 29.5 Å². The van der Waals surface area contributed by atoms with E-state index in [9.17, 15) is 14.7 Å². The second-order valence-corrected chi connectivity index (χ2v) is 7.62. The van der Waals surface area contributed by atoms with Crippen LogP contribution in [0.15, 0.2) is 41.5 Å². The Morgan fingerprint density at radius 2 is 2.21 bits per heavy atom. The summed E-state index contributed by atoms with van der Waals surface area (Å²) in [5.41, 5.74) is 0.469. The molecule has 2 N–H and O–H groups in total. The second-order valence-electron chi connectivity index (χ2n) is 6.64. The Hall–Kier alpha value is -2.64. The third-order valence-corrected chi connectivity index (χ3v) is 5.52. The zero-order valence-corrected chi connectivity index (χ0v) is 16.6. The van der Waals surface area contributed by atoms with Gasteiger partial charge in [0, 0.05) is 17.0 Å². The molecule has 1 aromatic carbocycles. The minimum absolute atomic E-state index is 0.116. The molecule has 0 saturated carbocycles. The van der Waals surface area contributed by atoms with E-state index in [1.165, 1.54) is 11.3 Å². The number of aliphatic hydroxyl groups is 1. The highest BCUT2D eigenvalue weighted by Gasteiger charge is 2.28. The van der Waals surface area contributed by atoms with Crippen molar-refractivity contribution in [3.8, 4) is 11.5 Å². The maximum absolute atomic E-state index is 12.4. The maximum Gasteiger partial charge on any atom is 0.258 e. The molecule has 0 spiro atoms. The molecule has 0 radical (unpaired) electrons. The van der Waals surface area contributed by atoms with E-state index in [1.54, 1.807) is 24.3 Å². The molecule has 1 unspecified atom stereocenters. The number of ether oxygens (including phenoxy) is 2. The number of fused-ring (bicyclic) bond motifs is 1. The number of aliphatic hydroxyl groups excluding tert-OH is 1. The Morgan fingerprint density at radius 1 is 1.39 bits per heavy atom. The van der Waals surface area contributed by atoms with Crippen molar-refractivity contribution >= 4 is 29.1 Å². The Kier molecular flexibility index (Phi) is 6.49. The number of ketones is 1. The highest BCUT2D eigenvalue weighted by atomic mass is 32.1. The lowest BCUT2D eigenvalue weighted by Crippen LogP contribution is -2.43. The fraction of sp³-hybridized carbons (Fsp3) is 0.333. The minimum Gasteiger partial charge on any atom is -0.484 e. The largest absolute Gasteiger partial charge is 0.484 e. The number of allylic oxidation sites excluding steroid dienone is 1. The van der Waals surface area contributed by atoms with Crippen LogP contribution in [0.1, 0.15) is 35.5 Å². The first kappa shape index (κ1) is 20.1. The molecule has 28 heavy (non-hydrogen) atoms. The van der Waals surface area contributed by atoms with Crippen molar-refractivity contribution < 1.29 is 24.2 Å². The number of carbonyl (C=O) groups excluding carboxylic acids is 2. The summed E-state index contributed by atoms with van der Waals surface area (Å²) in [5, 5.41) is 14.1. The van der Waals surface area contributed by atoms with Crippen molar-refractivity contribution in [1.82, 2.24) is 5.32 Å². The molecule has 6 nitrogen and oxygen atoms in total. The molecule has 7 heteroatoms. The van der Waals surface area contributed by atoms with Crippen LogP contribution in [0.3, 0.4) is 0 Å². The van der Waals surface area contributed by atoms with Crippen LogP contribution in [-0.4, -0.2) is 36.1 Å². The van der Waals surface area contributed by atoms with Gasteiger partial charge in [0.1, 0.15) is 11.5 Å². The topological polar surface area (TPSA) is 84.9 Å². The highest BCUT2D eigenvalue weighted by Crippen LogP contribution is 2.35. The average molecular weight is 401 g/mol. The number of carbonyl (C=O) groups is 2. The van der Waals surface area contributed by atoms with E-state index in [2.05, 4.69) is 5.32 Å². The summed E-state index contributed by atoms with van der Waals surface area (Å²) in [5.74, 6) is 0.803. The Labute approximate surface area is 167 Å². The molecule has 2 atom stereocenters. The van der Waals surface area contributed by atoms with Crippen LogP contribution < -0.4 is 14.8 Å². The molecule has 2 aromatic rings. The summed E-state index contributed by atoms with van der Waals surface area (Å²) < 4.78 is 11.2. The number of benzene rings is 1. The van der Waals surface area contributed by atoms with Gasteiger partial charge in [0.2, 0.25) is 5.78 Å². The first-order chi connectivity index (χ1) is 13.5. The summed E-state index contributed by atoms with van der Waals surface area (Å²) in [6, 6.07) is 8.39. The van der Waals surface area contributed by atoms with Gasteiger partial charge in [-0.3, -0.25) is 9.59 Å². The third kappa shape index (κ3) is 4.61. The zero-order valence-electron chi connectivity index (χ0n) is 15.8. The SMILES string of the molecule is CCC(C)[C@@H](CO)NC(=O)COc1ccc2c(c1)OC(=Cc1cccs1)C2=O. The summed E-state index contributed by atoms with van der Waals surface area (Å²) in [6.45, 7) is 3.67. The van der Waals surface area contributed by atoms with Crippen LogP contribution in [0.5, 0.6) is 11.5 Å². The molecule has 1 amide bonds. The summed E-state index contributed by atoms with van der Waals surface area (Å²) in [6.07, 6.45) is 2.56. The normalized spacial score (nSPS) is 16.4. The van der Waals surface area contributed by atoms with E-state index >= 15 is 0 Å². The molecule has 0 fully saturated rings. The van der Waals surface area contributed by atoms with E-state index in [0.29, 0.717) is 17.1 Å². The van der Waals surface area contributed by atoms with Gasteiger partial charge in [-0.2, -0.15) is 0 Å². The molecular weight excluding hydrogens is 378 g/mol. The predicted molar refractivity (Wildman–Crippen MR) is 108 cm³/mol. The molecule has 3 rings (SSSR count). The Morgan fingerprint density at radius 3 is 2.89 bits per heavy atom. The van der Waals surface area contributed by atoms with Crippen molar-refractivity contribution in [2.75, 3.05) is 13.2 Å². The quantitative estimate of drug-likeness (QED) is 0.663. The standard InChI is InChI=1S/C21H23NO5S/c1-3-13(2)17(11-23)22-20(24)12-26-14-6-7-16-18(9-14)27-19(21(16)25)10-15-5-4-8-28-15/h4-10,13,17,23H,3,11-12H2,1-2H3,(H,22,24)/t13?,17-/m1/s1. The van der Waals surface area contributed by atoms with E-state index in [4.69, 9.17) is 9.47 Å². The lowest BCUT2D eigenvalue weighted by molar-refractivity contribution is -0.124. The van der Waals surface area contributed by atoms with E-state index < -0.39 is 0 Å². The van der Waals surface area contributed by atoms with Crippen LogP contribution in [-0.2, 0) is 4.79 Å². The minimum atomic E-state index is -0.310. The van der Waals surface area contributed by atoms with Crippen LogP contribution in [0.2, 0.25) is 0 Å². The number of hydrogen-bond donors (Lipinski definition) is 2. The van der Waals surface area contributed by atoms with Gasteiger partial charge >= 0.3 is 0 Å². The smallest absolute Gasteiger partial charge is 0.258 e. The van der Waals surface area contributed by atoms with Gasteiger partial charge in [-0.25, -0.2) is 0 Å². The fourth-order valence-corrected chi connectivity index (χ4v) is 3.46. The Balaban J connectivity index is 1.61. The van der Waals surface area contributed by atoms with Crippen molar-refractivity contribution in [2.45, 2.75) is 26.3 Å². The molecule has 1 aromatic heterocycles. The molecule has 0 saturated heterocycles. The number of hydrogen-bond acceptors (Lipinski definition) is 6. The predicted octanol–water partition coefficient (Wildman–Crippen LogP) is 3.27. The van der Waals surface area contributed by atoms with Gasteiger partial charge in [0.25, 0.3) is 5.91 Å². The van der Waals surface area contributed by atoms with Crippen molar-refractivity contribution in [2.24, 2.45) is 5.92 Å². The molecule has 2 heterocycles. The molecule has 148 valence electrons. The average Bonchev–Trinajstić information content (AvgIpc) is 3.32. The maximum atomic E-state index is 12.4. The molecule has 1 aliphatic heterocycles. The van der Waals surface area contributed by atoms with Crippen LogP contribution in [0.25, 0.3) is 6.08 Å². The number of thiophene rings is 1. The molecule has 1 aliphatic rings. The fourth-order valence-electron chi connectivity index (χ4n) is 2.81. The van der Waals surface area contributed by atoms with Gasteiger partial charge in [-0.15, -0.1) is 11.3 Å². The molecular formula is C21H23NO5S. The van der Waals surface area contributed by atoms with Crippen molar-refractivity contribution in [1.29, 1.82) is 0 Å². The number of Topliss-reactive ketones (excluding diaryl/α,β-unsaturated/α-hetero) is 1.